The van der Waals surface area contributed by atoms with Crippen LogP contribution in [0.4, 0.5) is 5.69 Å². The third-order valence-corrected chi connectivity index (χ3v) is 5.48. The van der Waals surface area contributed by atoms with E-state index in [1.807, 2.05) is 37.3 Å². The first-order chi connectivity index (χ1) is 13.1. The van der Waals surface area contributed by atoms with Gasteiger partial charge in [0.05, 0.1) is 18.2 Å². The molecule has 0 bridgehead atoms. The summed E-state index contributed by atoms with van der Waals surface area (Å²) in [6.07, 6.45) is 0.283. The summed E-state index contributed by atoms with van der Waals surface area (Å²) in [6.45, 7) is 6.37. The highest BCUT2D eigenvalue weighted by atomic mass is 16.2. The van der Waals surface area contributed by atoms with Gasteiger partial charge in [-0.3, -0.25) is 19.4 Å². The van der Waals surface area contributed by atoms with E-state index in [-0.39, 0.29) is 24.3 Å². The summed E-state index contributed by atoms with van der Waals surface area (Å²) in [5.74, 6) is -0.176. The summed E-state index contributed by atoms with van der Waals surface area (Å²) >= 11 is 0. The van der Waals surface area contributed by atoms with Crippen molar-refractivity contribution in [3.63, 3.8) is 0 Å². The van der Waals surface area contributed by atoms with E-state index in [4.69, 9.17) is 0 Å². The average Bonchev–Trinajstić information content (AvgIpc) is 2.97. The summed E-state index contributed by atoms with van der Waals surface area (Å²) in [4.78, 5) is 31.4. The molecular weight excluding hydrogens is 338 g/mol. The van der Waals surface area contributed by atoms with Gasteiger partial charge < -0.3 is 0 Å². The highest BCUT2D eigenvalue weighted by molar-refractivity contribution is 6.22. The summed E-state index contributed by atoms with van der Waals surface area (Å²) in [6, 6.07) is 17.7. The molecule has 1 atom stereocenters. The molecule has 140 valence electrons. The van der Waals surface area contributed by atoms with E-state index < -0.39 is 0 Å². The zero-order valence-electron chi connectivity index (χ0n) is 15.7. The minimum atomic E-state index is -0.322. The van der Waals surface area contributed by atoms with Crippen molar-refractivity contribution in [3.05, 3.63) is 65.7 Å². The SMILES string of the molecule is Cc1cccc(N2C(=O)C[C@@H](N3CCN(Cc4ccccc4)CC3)C2=O)c1. The largest absolute Gasteiger partial charge is 0.297 e. The number of aryl methyl sites for hydroxylation is 1. The van der Waals surface area contributed by atoms with Gasteiger partial charge in [0.15, 0.2) is 0 Å². The maximum atomic E-state index is 12.9. The molecule has 2 fully saturated rings. The Kier molecular flexibility index (Phi) is 5.05. The Hall–Kier alpha value is -2.50. The molecule has 2 aromatic rings. The predicted octanol–water partition coefficient (Wildman–Crippen LogP) is 2.44. The molecule has 2 aliphatic heterocycles. The lowest BCUT2D eigenvalue weighted by Crippen LogP contribution is -2.52. The van der Waals surface area contributed by atoms with Gasteiger partial charge in [-0.25, -0.2) is 4.90 Å². The zero-order valence-corrected chi connectivity index (χ0v) is 15.7. The molecule has 4 rings (SSSR count). The Balaban J connectivity index is 1.39. The summed E-state index contributed by atoms with van der Waals surface area (Å²) in [5, 5.41) is 0. The number of carbonyl (C=O) groups is 2. The average molecular weight is 363 g/mol. The molecule has 0 N–H and O–H groups in total. The van der Waals surface area contributed by atoms with E-state index in [0.717, 1.165) is 38.3 Å². The molecule has 2 aromatic carbocycles. The molecule has 2 saturated heterocycles. The van der Waals surface area contributed by atoms with Gasteiger partial charge in [-0.1, -0.05) is 42.5 Å². The zero-order chi connectivity index (χ0) is 18.8. The van der Waals surface area contributed by atoms with Crippen molar-refractivity contribution < 1.29 is 9.59 Å². The molecule has 5 heteroatoms. The van der Waals surface area contributed by atoms with Crippen LogP contribution in [-0.2, 0) is 16.1 Å². The quantitative estimate of drug-likeness (QED) is 0.783. The lowest BCUT2D eigenvalue weighted by Gasteiger charge is -2.37. The lowest BCUT2D eigenvalue weighted by atomic mass is 10.1. The van der Waals surface area contributed by atoms with Crippen LogP contribution >= 0.6 is 0 Å². The third kappa shape index (κ3) is 3.80. The van der Waals surface area contributed by atoms with Crippen LogP contribution in [0.1, 0.15) is 17.5 Å². The van der Waals surface area contributed by atoms with Gasteiger partial charge in [0.1, 0.15) is 0 Å². The molecule has 2 aliphatic rings. The molecule has 0 aliphatic carbocycles. The lowest BCUT2D eigenvalue weighted by molar-refractivity contribution is -0.123. The predicted molar refractivity (Wildman–Crippen MR) is 105 cm³/mol. The van der Waals surface area contributed by atoms with Gasteiger partial charge in [0.2, 0.25) is 5.91 Å². The third-order valence-electron chi connectivity index (χ3n) is 5.48. The van der Waals surface area contributed by atoms with Crippen LogP contribution in [0.3, 0.4) is 0 Å². The number of nitrogens with zero attached hydrogens (tertiary/aromatic N) is 3. The van der Waals surface area contributed by atoms with Gasteiger partial charge >= 0.3 is 0 Å². The second-order valence-corrected chi connectivity index (χ2v) is 7.42. The number of piperazine rings is 1. The number of imide groups is 1. The van der Waals surface area contributed by atoms with Crippen LogP contribution in [0, 0.1) is 6.92 Å². The number of benzene rings is 2. The van der Waals surface area contributed by atoms with Crippen molar-refractivity contribution in [1.29, 1.82) is 0 Å². The molecule has 2 heterocycles. The van der Waals surface area contributed by atoms with Crippen molar-refractivity contribution >= 4 is 17.5 Å². The molecule has 0 radical (unpaired) electrons. The van der Waals surface area contributed by atoms with E-state index >= 15 is 0 Å². The van der Waals surface area contributed by atoms with Crippen LogP contribution in [0.2, 0.25) is 0 Å². The Morgan fingerprint density at radius 3 is 2.37 bits per heavy atom. The molecule has 5 nitrogen and oxygen atoms in total. The maximum Gasteiger partial charge on any atom is 0.251 e. The van der Waals surface area contributed by atoms with E-state index in [1.165, 1.54) is 10.5 Å². The molecule has 0 aromatic heterocycles. The Bertz CT molecular complexity index is 828. The van der Waals surface area contributed by atoms with E-state index in [9.17, 15) is 9.59 Å². The van der Waals surface area contributed by atoms with Gasteiger partial charge in [-0.2, -0.15) is 0 Å². The molecule has 0 saturated carbocycles. The second-order valence-electron chi connectivity index (χ2n) is 7.42. The van der Waals surface area contributed by atoms with Crippen LogP contribution in [-0.4, -0.2) is 53.8 Å². The van der Waals surface area contributed by atoms with Gasteiger partial charge in [0, 0.05) is 32.7 Å². The number of hydrogen-bond acceptors (Lipinski definition) is 4. The fraction of sp³-hybridized carbons (Fsp3) is 0.364. The normalized spacial score (nSPS) is 21.8. The van der Waals surface area contributed by atoms with Crippen molar-refractivity contribution in [3.8, 4) is 0 Å². The topological polar surface area (TPSA) is 43.9 Å². The Morgan fingerprint density at radius 2 is 1.67 bits per heavy atom. The van der Waals surface area contributed by atoms with Crippen molar-refractivity contribution in [1.82, 2.24) is 9.80 Å². The number of amides is 2. The van der Waals surface area contributed by atoms with Gasteiger partial charge in [-0.15, -0.1) is 0 Å². The highest BCUT2D eigenvalue weighted by Crippen LogP contribution is 2.27. The number of hydrogen-bond donors (Lipinski definition) is 0. The molecule has 27 heavy (non-hydrogen) atoms. The summed E-state index contributed by atoms with van der Waals surface area (Å²) in [5.41, 5.74) is 3.05. The number of carbonyl (C=O) groups excluding carboxylic acids is 2. The summed E-state index contributed by atoms with van der Waals surface area (Å²) in [7, 11) is 0. The molecule has 2 amide bonds. The van der Waals surface area contributed by atoms with E-state index in [2.05, 4.69) is 34.1 Å². The first-order valence-electron chi connectivity index (χ1n) is 9.55. The fourth-order valence-electron chi connectivity index (χ4n) is 4.01. The fourth-order valence-corrected chi connectivity index (χ4v) is 4.01. The monoisotopic (exact) mass is 363 g/mol. The second kappa shape index (κ2) is 7.62. The first kappa shape index (κ1) is 17.9. The summed E-state index contributed by atoms with van der Waals surface area (Å²) < 4.78 is 0. The number of rotatable bonds is 4. The van der Waals surface area contributed by atoms with Gasteiger partial charge in [-0.05, 0) is 30.2 Å². The molecular formula is C22H25N3O2. The Morgan fingerprint density at radius 1 is 0.926 bits per heavy atom. The first-order valence-corrected chi connectivity index (χ1v) is 9.55. The standard InChI is InChI=1S/C22H25N3O2/c1-17-6-5-9-19(14-17)25-21(26)15-20(22(25)27)24-12-10-23(11-13-24)16-18-7-3-2-4-8-18/h2-9,14,20H,10-13,15-16H2,1H3/t20-/m1/s1. The van der Waals surface area contributed by atoms with Crippen LogP contribution in [0.25, 0.3) is 0 Å². The molecule has 0 unspecified atom stereocenters. The minimum Gasteiger partial charge on any atom is -0.297 e. The van der Waals surface area contributed by atoms with Crippen molar-refractivity contribution in [2.75, 3.05) is 31.1 Å². The minimum absolute atomic E-state index is 0.0814. The Labute approximate surface area is 160 Å². The van der Waals surface area contributed by atoms with Crippen LogP contribution < -0.4 is 4.90 Å². The van der Waals surface area contributed by atoms with Crippen LogP contribution in [0.5, 0.6) is 0 Å². The maximum absolute atomic E-state index is 12.9. The molecule has 0 spiro atoms. The smallest absolute Gasteiger partial charge is 0.251 e. The highest BCUT2D eigenvalue weighted by Gasteiger charge is 2.43. The van der Waals surface area contributed by atoms with E-state index in [0.29, 0.717) is 5.69 Å². The van der Waals surface area contributed by atoms with Crippen molar-refractivity contribution in [2.24, 2.45) is 0 Å². The number of anilines is 1. The van der Waals surface area contributed by atoms with Gasteiger partial charge in [0.25, 0.3) is 5.91 Å². The van der Waals surface area contributed by atoms with Crippen molar-refractivity contribution in [2.45, 2.75) is 25.9 Å². The van der Waals surface area contributed by atoms with E-state index in [1.54, 1.807) is 0 Å². The van der Waals surface area contributed by atoms with Crippen LogP contribution in [0.15, 0.2) is 54.6 Å².